The van der Waals surface area contributed by atoms with Crippen LogP contribution in [0.3, 0.4) is 0 Å². The van der Waals surface area contributed by atoms with Gasteiger partial charge in [-0.25, -0.2) is 9.48 Å². The summed E-state index contributed by atoms with van der Waals surface area (Å²) in [6.45, 7) is 0. The van der Waals surface area contributed by atoms with Gasteiger partial charge in [0.15, 0.2) is 0 Å². The zero-order chi connectivity index (χ0) is 10.1. The van der Waals surface area contributed by atoms with Crippen LogP contribution in [-0.2, 0) is 4.79 Å². The fourth-order valence-corrected chi connectivity index (χ4v) is 1.27. The minimum atomic E-state index is -0.995. The maximum absolute atomic E-state index is 10.6. The molecule has 5 heteroatoms. The number of carbonyl (C=O) groups excluding carboxylic acids is 1. The molecule has 0 atom stereocenters. The number of aromatic carboxylic acids is 1. The third-order valence-electron chi connectivity index (χ3n) is 1.94. The number of rotatable bonds is 2. The Morgan fingerprint density at radius 3 is 2.93 bits per heavy atom. The van der Waals surface area contributed by atoms with Gasteiger partial charge < -0.3 is 5.11 Å². The molecule has 1 aromatic carbocycles. The van der Waals surface area contributed by atoms with E-state index in [0.29, 0.717) is 17.3 Å². The fraction of sp³-hybridized carbons (Fsp3) is 0. The standard InChI is InChI=1S/C9H6N2O3/c12-5-11-8-2-1-6(9(13)14)3-7(8)4-10-11/h1-5H,(H,13,14). The van der Waals surface area contributed by atoms with Crippen LogP contribution in [0.5, 0.6) is 0 Å². The van der Waals surface area contributed by atoms with Gasteiger partial charge in [-0.05, 0) is 18.2 Å². The molecular formula is C9H6N2O3. The molecule has 0 saturated carbocycles. The summed E-state index contributed by atoms with van der Waals surface area (Å²) in [5.74, 6) is -0.995. The summed E-state index contributed by atoms with van der Waals surface area (Å²) in [4.78, 5) is 21.1. The number of carboxylic acids is 1. The molecule has 14 heavy (non-hydrogen) atoms. The van der Waals surface area contributed by atoms with Gasteiger partial charge in [-0.15, -0.1) is 0 Å². The predicted molar refractivity (Wildman–Crippen MR) is 48.8 cm³/mol. The molecule has 0 aliphatic carbocycles. The van der Waals surface area contributed by atoms with E-state index >= 15 is 0 Å². The lowest BCUT2D eigenvalue weighted by Gasteiger charge is -1.94. The first-order valence-electron chi connectivity index (χ1n) is 3.88. The normalized spacial score (nSPS) is 10.3. The van der Waals surface area contributed by atoms with Gasteiger partial charge in [0.05, 0.1) is 17.3 Å². The molecule has 0 amide bonds. The number of carbonyl (C=O) groups is 2. The van der Waals surface area contributed by atoms with Gasteiger partial charge in [0.1, 0.15) is 0 Å². The zero-order valence-corrected chi connectivity index (χ0v) is 7.04. The lowest BCUT2D eigenvalue weighted by atomic mass is 10.2. The molecule has 5 nitrogen and oxygen atoms in total. The van der Waals surface area contributed by atoms with Crippen LogP contribution in [-0.4, -0.2) is 27.3 Å². The van der Waals surface area contributed by atoms with Gasteiger partial charge >= 0.3 is 5.97 Å². The molecular weight excluding hydrogens is 184 g/mol. The summed E-state index contributed by atoms with van der Waals surface area (Å²) in [7, 11) is 0. The molecule has 0 bridgehead atoms. The summed E-state index contributed by atoms with van der Waals surface area (Å²) >= 11 is 0. The molecule has 0 spiro atoms. The molecule has 0 fully saturated rings. The fourth-order valence-electron chi connectivity index (χ4n) is 1.27. The topological polar surface area (TPSA) is 72.2 Å². The Balaban J connectivity index is 2.68. The van der Waals surface area contributed by atoms with E-state index in [2.05, 4.69) is 5.10 Å². The highest BCUT2D eigenvalue weighted by atomic mass is 16.4. The van der Waals surface area contributed by atoms with Crippen molar-refractivity contribution in [3.8, 4) is 0 Å². The predicted octanol–water partition coefficient (Wildman–Crippen LogP) is 0.773. The Morgan fingerprint density at radius 1 is 1.50 bits per heavy atom. The quantitative estimate of drug-likeness (QED) is 0.710. The second kappa shape index (κ2) is 2.95. The summed E-state index contributed by atoms with van der Waals surface area (Å²) in [6.07, 6.45) is 2.03. The molecule has 1 aromatic heterocycles. The first-order valence-corrected chi connectivity index (χ1v) is 3.88. The van der Waals surface area contributed by atoms with Crippen molar-refractivity contribution in [1.29, 1.82) is 0 Å². The van der Waals surface area contributed by atoms with Crippen LogP contribution in [0.15, 0.2) is 24.4 Å². The van der Waals surface area contributed by atoms with Crippen molar-refractivity contribution in [3.05, 3.63) is 30.0 Å². The maximum Gasteiger partial charge on any atom is 0.335 e. The van der Waals surface area contributed by atoms with Crippen molar-refractivity contribution in [2.45, 2.75) is 0 Å². The van der Waals surface area contributed by atoms with Gasteiger partial charge in [0.2, 0.25) is 6.41 Å². The Morgan fingerprint density at radius 2 is 2.29 bits per heavy atom. The minimum absolute atomic E-state index is 0.183. The van der Waals surface area contributed by atoms with E-state index in [9.17, 15) is 9.59 Å². The summed E-state index contributed by atoms with van der Waals surface area (Å²) < 4.78 is 1.15. The monoisotopic (exact) mass is 190 g/mol. The zero-order valence-electron chi connectivity index (χ0n) is 7.04. The van der Waals surface area contributed by atoms with Crippen LogP contribution < -0.4 is 0 Å². The van der Waals surface area contributed by atoms with E-state index in [1.54, 1.807) is 6.07 Å². The van der Waals surface area contributed by atoms with Crippen LogP contribution in [0.25, 0.3) is 10.9 Å². The van der Waals surface area contributed by atoms with Crippen LogP contribution >= 0.6 is 0 Å². The SMILES string of the molecule is O=Cn1ncc2cc(C(=O)O)ccc21. The highest BCUT2D eigenvalue weighted by Crippen LogP contribution is 2.14. The molecule has 0 saturated heterocycles. The van der Waals surface area contributed by atoms with E-state index < -0.39 is 5.97 Å². The van der Waals surface area contributed by atoms with Crippen molar-refractivity contribution >= 4 is 23.3 Å². The smallest absolute Gasteiger partial charge is 0.335 e. The molecule has 1 N–H and O–H groups in total. The molecule has 0 radical (unpaired) electrons. The number of hydrogen-bond donors (Lipinski definition) is 1. The second-order valence-electron chi connectivity index (χ2n) is 2.77. The Hall–Kier alpha value is -2.17. The molecule has 0 unspecified atom stereocenters. The number of nitrogens with zero attached hydrogens (tertiary/aromatic N) is 2. The highest BCUT2D eigenvalue weighted by molar-refractivity contribution is 5.94. The largest absolute Gasteiger partial charge is 0.478 e. The molecule has 70 valence electrons. The lowest BCUT2D eigenvalue weighted by Crippen LogP contribution is -1.97. The van der Waals surface area contributed by atoms with E-state index in [0.717, 1.165) is 4.68 Å². The van der Waals surface area contributed by atoms with Gasteiger partial charge in [-0.1, -0.05) is 0 Å². The van der Waals surface area contributed by atoms with E-state index in [1.807, 2.05) is 0 Å². The molecule has 0 aliphatic heterocycles. The van der Waals surface area contributed by atoms with Crippen LogP contribution in [0.1, 0.15) is 10.4 Å². The number of fused-ring (bicyclic) bond motifs is 1. The van der Waals surface area contributed by atoms with Crippen molar-refractivity contribution in [3.63, 3.8) is 0 Å². The van der Waals surface area contributed by atoms with Gasteiger partial charge in [0, 0.05) is 5.39 Å². The summed E-state index contributed by atoms with van der Waals surface area (Å²) in [5, 5.41) is 13.1. The van der Waals surface area contributed by atoms with Gasteiger partial charge in [-0.2, -0.15) is 5.10 Å². The first-order chi connectivity index (χ1) is 6.72. The minimum Gasteiger partial charge on any atom is -0.478 e. The highest BCUT2D eigenvalue weighted by Gasteiger charge is 2.06. The number of carboxylic acid groups (broad SMARTS) is 1. The number of aromatic nitrogens is 2. The molecule has 2 rings (SSSR count). The van der Waals surface area contributed by atoms with Gasteiger partial charge in [0.25, 0.3) is 0 Å². The second-order valence-corrected chi connectivity index (χ2v) is 2.77. The lowest BCUT2D eigenvalue weighted by molar-refractivity contribution is 0.0697. The van der Waals surface area contributed by atoms with Gasteiger partial charge in [-0.3, -0.25) is 4.79 Å². The Kier molecular flexibility index (Phi) is 1.78. The summed E-state index contributed by atoms with van der Waals surface area (Å²) in [6, 6.07) is 4.47. The van der Waals surface area contributed by atoms with E-state index in [-0.39, 0.29) is 5.56 Å². The Bertz CT molecular complexity index is 516. The third-order valence-corrected chi connectivity index (χ3v) is 1.94. The average molecular weight is 190 g/mol. The van der Waals surface area contributed by atoms with Crippen molar-refractivity contribution in [2.24, 2.45) is 0 Å². The first kappa shape index (κ1) is 8.43. The van der Waals surface area contributed by atoms with Crippen LogP contribution in [0, 0.1) is 0 Å². The molecule has 2 aromatic rings. The average Bonchev–Trinajstić information content (AvgIpc) is 2.59. The van der Waals surface area contributed by atoms with Crippen LogP contribution in [0.4, 0.5) is 0 Å². The molecule has 0 aliphatic rings. The van der Waals surface area contributed by atoms with Crippen molar-refractivity contribution in [2.75, 3.05) is 0 Å². The van der Waals surface area contributed by atoms with E-state index in [1.165, 1.54) is 18.3 Å². The summed E-state index contributed by atoms with van der Waals surface area (Å²) in [5.41, 5.74) is 0.785. The number of benzene rings is 1. The Labute approximate surface area is 78.6 Å². The van der Waals surface area contributed by atoms with Crippen LogP contribution in [0.2, 0.25) is 0 Å². The molecule has 1 heterocycles. The maximum atomic E-state index is 10.6. The van der Waals surface area contributed by atoms with Crippen molar-refractivity contribution in [1.82, 2.24) is 9.78 Å². The third kappa shape index (κ3) is 1.15. The van der Waals surface area contributed by atoms with Crippen molar-refractivity contribution < 1.29 is 14.7 Å². The van der Waals surface area contributed by atoms with E-state index in [4.69, 9.17) is 5.11 Å². The number of hydrogen-bond acceptors (Lipinski definition) is 3.